The third kappa shape index (κ3) is 10.9. The summed E-state index contributed by atoms with van der Waals surface area (Å²) in [5.41, 5.74) is 1.94. The number of hydrogen-bond acceptors (Lipinski definition) is 14. The molecule has 12 atom stereocenters. The summed E-state index contributed by atoms with van der Waals surface area (Å²) in [5.74, 6) is 1.63. The van der Waals surface area contributed by atoms with Crippen LogP contribution in [0.5, 0.6) is 34.5 Å². The van der Waals surface area contributed by atoms with Crippen molar-refractivity contribution in [1.82, 2.24) is 0 Å². The Morgan fingerprint density at radius 3 is 0.978 bits per heavy atom. The van der Waals surface area contributed by atoms with E-state index >= 15 is 0 Å². The fourth-order valence-corrected chi connectivity index (χ4v) is 28.9. The quantitative estimate of drug-likeness (QED) is 0.180. The number of ether oxygens (including phenoxy) is 5. The van der Waals surface area contributed by atoms with Crippen LogP contribution in [-0.4, -0.2) is 104 Å². The number of methoxy groups -OCH3 is 3. The van der Waals surface area contributed by atoms with Crippen molar-refractivity contribution in [3.05, 3.63) is 53.1 Å². The number of sulfone groups is 3. The standard InChI is InChI=1S/2C24H34O6S.C22H32O4S/c2*1-22(2)8-6-9-23(3)18(22)7-10-24(4)19(23)14-31(27,28)17-12-15(30-13-20(25)26)11-16(29-5)21(17)24;1-20(2)8-6-9-21(3)17(20)7-10-22(4)18(21)13-27(24,25)16-12-14(23)11-15(26-5)19(16)22/h2*11-12,18-19H,6-10,13-14H2,1-5H3,(H,25,26);11-12,17-18,23H,6-10,13H2,1-5H3/t2*18-,19+,23-,24+;17-,18+,21-,22+/m000/s1. The molecule has 6 fully saturated rings. The van der Waals surface area contributed by atoms with E-state index in [4.69, 9.17) is 33.9 Å². The van der Waals surface area contributed by atoms with Gasteiger partial charge in [-0.1, -0.05) is 102 Å². The highest BCUT2D eigenvalue weighted by atomic mass is 32.2. The maximum Gasteiger partial charge on any atom is 0.341 e. The average molecular weight is 1290 g/mol. The lowest BCUT2D eigenvalue weighted by molar-refractivity contribution is -0.140. The molecule has 9 aliphatic rings. The van der Waals surface area contributed by atoms with Crippen LogP contribution in [0.25, 0.3) is 0 Å². The van der Waals surface area contributed by atoms with Crippen molar-refractivity contribution in [2.24, 2.45) is 68.0 Å². The Labute approximate surface area is 530 Å². The van der Waals surface area contributed by atoms with Crippen LogP contribution in [0, 0.1) is 68.0 Å². The zero-order valence-electron chi connectivity index (χ0n) is 55.4. The monoisotopic (exact) mass is 1290 g/mol. The number of phenols is 1. The van der Waals surface area contributed by atoms with E-state index in [1.54, 1.807) is 25.3 Å². The zero-order valence-corrected chi connectivity index (χ0v) is 57.9. The molecule has 3 aliphatic heterocycles. The SMILES string of the molecule is COc1cc(O)cc2c1[C@]1(C)CC[C@H]3C(C)(C)CCC[C@]3(C)[C@H]1CS2(=O)=O.COc1cc(OCC(=O)O)cc2c1[C@]1(C)CC[C@H]3C(C)(C)CCC[C@]3(C)[C@H]1CS2(=O)=O.COc1cc(OCC(=O)O)cc2c1[C@]1(C)CC[C@H]3C(C)(C)CCC[C@]3(C)[C@H]1CS2(=O)=O. The summed E-state index contributed by atoms with van der Waals surface area (Å²) in [4.78, 5) is 22.6. The highest BCUT2D eigenvalue weighted by Crippen LogP contribution is 2.71. The molecule has 494 valence electrons. The lowest BCUT2D eigenvalue weighted by atomic mass is 9.43. The molecule has 6 aliphatic carbocycles. The van der Waals surface area contributed by atoms with Gasteiger partial charge in [0.15, 0.2) is 42.7 Å². The molecule has 0 bridgehead atoms. The van der Waals surface area contributed by atoms with Gasteiger partial charge in [-0.15, -0.1) is 0 Å². The van der Waals surface area contributed by atoms with E-state index in [9.17, 15) is 39.9 Å². The van der Waals surface area contributed by atoms with Gasteiger partial charge in [-0.3, -0.25) is 0 Å². The van der Waals surface area contributed by atoms with Gasteiger partial charge in [0.25, 0.3) is 0 Å². The molecular formula is C70H100O16S3. The zero-order chi connectivity index (χ0) is 65.5. The van der Waals surface area contributed by atoms with E-state index in [1.807, 2.05) is 0 Å². The van der Waals surface area contributed by atoms with E-state index in [0.29, 0.717) is 35.0 Å². The van der Waals surface area contributed by atoms with Crippen LogP contribution in [0.1, 0.15) is 196 Å². The van der Waals surface area contributed by atoms with Crippen molar-refractivity contribution in [3.63, 3.8) is 0 Å². The Kier molecular flexibility index (Phi) is 17.0. The molecule has 12 rings (SSSR count). The van der Waals surface area contributed by atoms with Gasteiger partial charge < -0.3 is 39.0 Å². The molecule has 3 heterocycles. The number of aliphatic carboxylic acids is 2. The summed E-state index contributed by atoms with van der Waals surface area (Å²) in [6, 6.07) is 9.27. The van der Waals surface area contributed by atoms with Crippen LogP contribution >= 0.6 is 0 Å². The first-order valence-corrected chi connectivity index (χ1v) is 37.4. The fraction of sp³-hybridized carbons (Fsp3) is 0.714. The number of carboxylic acids is 2. The van der Waals surface area contributed by atoms with E-state index in [-0.39, 0.29) is 116 Å². The number of phenolic OH excluding ortho intramolecular Hbond substituents is 1. The number of benzene rings is 3. The predicted octanol–water partition coefficient (Wildman–Crippen LogP) is 13.6. The first-order valence-electron chi connectivity index (χ1n) is 32.4. The number of fused-ring (bicyclic) bond motifs is 15. The maximum absolute atomic E-state index is 13.6. The number of carbonyl (C=O) groups is 2. The smallest absolute Gasteiger partial charge is 0.341 e. The minimum absolute atomic E-state index is 0.00239. The van der Waals surface area contributed by atoms with E-state index in [2.05, 4.69) is 83.1 Å². The van der Waals surface area contributed by atoms with Crippen LogP contribution in [0.3, 0.4) is 0 Å². The molecule has 6 saturated carbocycles. The second-order valence-corrected chi connectivity index (χ2v) is 38.0. The summed E-state index contributed by atoms with van der Waals surface area (Å²) < 4.78 is 109. The van der Waals surface area contributed by atoms with Crippen LogP contribution < -0.4 is 23.7 Å². The molecule has 0 amide bonds. The van der Waals surface area contributed by atoms with Crippen LogP contribution in [0.15, 0.2) is 51.1 Å². The Balaban J connectivity index is 0.000000148. The van der Waals surface area contributed by atoms with Crippen molar-refractivity contribution in [2.75, 3.05) is 51.8 Å². The minimum atomic E-state index is -3.58. The van der Waals surface area contributed by atoms with Crippen molar-refractivity contribution in [3.8, 4) is 34.5 Å². The predicted molar refractivity (Wildman–Crippen MR) is 341 cm³/mol. The van der Waals surface area contributed by atoms with Crippen LogP contribution in [0.4, 0.5) is 0 Å². The molecule has 19 heteroatoms. The Morgan fingerprint density at radius 1 is 0.416 bits per heavy atom. The van der Waals surface area contributed by atoms with Gasteiger partial charge >= 0.3 is 11.9 Å². The summed E-state index contributed by atoms with van der Waals surface area (Å²) in [5, 5.41) is 28.0. The van der Waals surface area contributed by atoms with Gasteiger partial charge in [0.05, 0.1) is 53.3 Å². The molecule has 0 radical (unpaired) electrons. The Hall–Kier alpha value is -4.75. The van der Waals surface area contributed by atoms with Crippen LogP contribution in [0.2, 0.25) is 0 Å². The topological polar surface area (TPSA) is 243 Å². The van der Waals surface area contributed by atoms with Crippen molar-refractivity contribution >= 4 is 41.5 Å². The van der Waals surface area contributed by atoms with Crippen molar-refractivity contribution in [2.45, 2.75) is 210 Å². The molecule has 0 spiro atoms. The third-order valence-corrected chi connectivity index (χ3v) is 31.1. The summed E-state index contributed by atoms with van der Waals surface area (Å²) in [7, 11) is -6.00. The molecule has 3 aromatic rings. The van der Waals surface area contributed by atoms with Gasteiger partial charge in [0, 0.05) is 51.1 Å². The van der Waals surface area contributed by atoms with E-state index in [1.165, 1.54) is 51.7 Å². The second kappa shape index (κ2) is 22.5. The Morgan fingerprint density at radius 2 is 0.697 bits per heavy atom. The molecule has 3 N–H and O–H groups in total. The second-order valence-electron chi connectivity index (χ2n) is 32.0. The highest BCUT2D eigenvalue weighted by Gasteiger charge is 2.66. The summed E-state index contributed by atoms with van der Waals surface area (Å²) >= 11 is 0. The molecule has 0 aromatic heterocycles. The van der Waals surface area contributed by atoms with Gasteiger partial charge in [0.1, 0.15) is 34.5 Å². The third-order valence-electron chi connectivity index (χ3n) is 25.8. The van der Waals surface area contributed by atoms with Gasteiger partial charge in [-0.05, 0) is 163 Å². The number of rotatable bonds is 9. The lowest BCUT2D eigenvalue weighted by Crippen LogP contribution is -2.59. The molecule has 89 heavy (non-hydrogen) atoms. The van der Waals surface area contributed by atoms with Crippen molar-refractivity contribution < 1.29 is 73.8 Å². The van der Waals surface area contributed by atoms with E-state index < -0.39 is 54.7 Å². The normalized spacial score (nSPS) is 36.4. The number of hydrogen-bond donors (Lipinski definition) is 3. The van der Waals surface area contributed by atoms with Crippen LogP contribution in [-0.2, 0) is 55.3 Å². The molecule has 16 nitrogen and oxygen atoms in total. The molecule has 0 unspecified atom stereocenters. The minimum Gasteiger partial charge on any atom is -0.508 e. The van der Waals surface area contributed by atoms with Gasteiger partial charge in [-0.2, -0.15) is 0 Å². The van der Waals surface area contributed by atoms with Crippen molar-refractivity contribution in [1.29, 1.82) is 0 Å². The molecule has 3 aromatic carbocycles. The fourth-order valence-electron chi connectivity index (χ4n) is 22.0. The first-order chi connectivity index (χ1) is 41.2. The maximum atomic E-state index is 13.6. The average Bonchev–Trinajstić information content (AvgIpc) is 0.762. The first kappa shape index (κ1) is 67.1. The highest BCUT2D eigenvalue weighted by molar-refractivity contribution is 7.92. The molecule has 0 saturated heterocycles. The number of carboxylic acid groups (broad SMARTS) is 2. The number of aromatic hydroxyl groups is 1. The summed E-state index contributed by atoms with van der Waals surface area (Å²) in [6.07, 6.45) is 16.2. The summed E-state index contributed by atoms with van der Waals surface area (Å²) in [6.45, 7) is 26.6. The van der Waals surface area contributed by atoms with E-state index in [0.717, 1.165) is 93.7 Å². The largest absolute Gasteiger partial charge is 0.508 e. The Bertz CT molecular complexity index is 3500. The van der Waals surface area contributed by atoms with Gasteiger partial charge in [-0.25, -0.2) is 34.8 Å². The lowest BCUT2D eigenvalue weighted by Gasteiger charge is -2.63. The molecular weight excluding hydrogens is 1190 g/mol. The van der Waals surface area contributed by atoms with Gasteiger partial charge in [0.2, 0.25) is 0 Å².